The molecule has 2 aromatic rings. The summed E-state index contributed by atoms with van der Waals surface area (Å²) in [6.45, 7) is 3.21. The van der Waals surface area contributed by atoms with Crippen LogP contribution in [-0.2, 0) is 9.53 Å². The summed E-state index contributed by atoms with van der Waals surface area (Å²) in [5, 5.41) is 0.586. The van der Waals surface area contributed by atoms with Crippen molar-refractivity contribution in [2.45, 2.75) is 13.8 Å². The summed E-state index contributed by atoms with van der Waals surface area (Å²) in [4.78, 5) is 26.0. The predicted octanol–water partition coefficient (Wildman–Crippen LogP) is 2.28. The van der Waals surface area contributed by atoms with Crippen LogP contribution in [0.2, 0.25) is 0 Å². The Morgan fingerprint density at radius 2 is 2.05 bits per heavy atom. The molecular formula is C14H15NO5. The number of carbonyl (C=O) groups is 2. The Kier molecular flexibility index (Phi) is 3.93. The maximum atomic E-state index is 11.9. The molecule has 1 aromatic heterocycles. The Labute approximate surface area is 115 Å². The van der Waals surface area contributed by atoms with Gasteiger partial charge in [-0.05, 0) is 25.1 Å². The van der Waals surface area contributed by atoms with Gasteiger partial charge in [-0.25, -0.2) is 4.79 Å². The van der Waals surface area contributed by atoms with Crippen LogP contribution < -0.4 is 9.47 Å². The summed E-state index contributed by atoms with van der Waals surface area (Å²) < 4.78 is 15.2. The minimum Gasteiger partial charge on any atom is -0.497 e. The quantitative estimate of drug-likeness (QED) is 0.867. The molecule has 0 spiro atoms. The Bertz CT molecular complexity index is 659. The van der Waals surface area contributed by atoms with E-state index in [1.165, 1.54) is 14.0 Å². The van der Waals surface area contributed by atoms with Crippen LogP contribution in [0.1, 0.15) is 24.3 Å². The van der Waals surface area contributed by atoms with Gasteiger partial charge in [-0.3, -0.25) is 4.79 Å². The number of H-pyrrole nitrogens is 1. The minimum absolute atomic E-state index is 0.116. The van der Waals surface area contributed by atoms with Crippen LogP contribution in [0.3, 0.4) is 0 Å². The SMILES string of the molecule is CCOC(=O)c1[nH]c2ccc(OC)cc2c1OC(C)=O. The highest BCUT2D eigenvalue weighted by Gasteiger charge is 2.22. The topological polar surface area (TPSA) is 77.6 Å². The van der Waals surface area contributed by atoms with E-state index < -0.39 is 11.9 Å². The lowest BCUT2D eigenvalue weighted by Crippen LogP contribution is -2.09. The van der Waals surface area contributed by atoms with Crippen LogP contribution in [0.15, 0.2) is 18.2 Å². The predicted molar refractivity (Wildman–Crippen MR) is 72.1 cm³/mol. The number of esters is 2. The van der Waals surface area contributed by atoms with Crippen molar-refractivity contribution in [1.29, 1.82) is 0 Å². The molecule has 1 N–H and O–H groups in total. The molecule has 0 atom stereocenters. The fourth-order valence-corrected chi connectivity index (χ4v) is 1.87. The lowest BCUT2D eigenvalue weighted by Gasteiger charge is -2.04. The fraction of sp³-hybridized carbons (Fsp3) is 0.286. The molecule has 0 bridgehead atoms. The smallest absolute Gasteiger partial charge is 0.358 e. The molecule has 0 saturated heterocycles. The maximum Gasteiger partial charge on any atom is 0.358 e. The highest BCUT2D eigenvalue weighted by molar-refractivity contribution is 6.02. The highest BCUT2D eigenvalue weighted by atomic mass is 16.5. The van der Waals surface area contributed by atoms with E-state index >= 15 is 0 Å². The molecule has 0 radical (unpaired) electrons. The van der Waals surface area contributed by atoms with Crippen molar-refractivity contribution in [2.24, 2.45) is 0 Å². The van der Waals surface area contributed by atoms with Crippen LogP contribution in [0, 0.1) is 0 Å². The van der Waals surface area contributed by atoms with E-state index in [1.807, 2.05) is 0 Å². The average molecular weight is 277 g/mol. The van der Waals surface area contributed by atoms with Gasteiger partial charge >= 0.3 is 11.9 Å². The molecule has 0 aliphatic carbocycles. The van der Waals surface area contributed by atoms with Gasteiger partial charge in [0, 0.05) is 12.3 Å². The van der Waals surface area contributed by atoms with E-state index in [0.29, 0.717) is 16.7 Å². The molecule has 1 heterocycles. The molecule has 106 valence electrons. The van der Waals surface area contributed by atoms with E-state index in [2.05, 4.69) is 4.98 Å². The normalized spacial score (nSPS) is 10.3. The summed E-state index contributed by atoms with van der Waals surface area (Å²) in [7, 11) is 1.53. The minimum atomic E-state index is -0.570. The van der Waals surface area contributed by atoms with Gasteiger partial charge in [0.2, 0.25) is 0 Å². The number of nitrogens with one attached hydrogen (secondary N) is 1. The molecule has 6 heteroatoms. The second-order valence-corrected chi connectivity index (χ2v) is 4.05. The number of hydrogen-bond donors (Lipinski definition) is 1. The van der Waals surface area contributed by atoms with Crippen LogP contribution in [0.25, 0.3) is 10.9 Å². The number of carbonyl (C=O) groups excluding carboxylic acids is 2. The van der Waals surface area contributed by atoms with Crippen molar-refractivity contribution in [2.75, 3.05) is 13.7 Å². The van der Waals surface area contributed by atoms with E-state index in [1.54, 1.807) is 25.1 Å². The molecular weight excluding hydrogens is 262 g/mol. The van der Waals surface area contributed by atoms with Gasteiger partial charge < -0.3 is 19.2 Å². The summed E-state index contributed by atoms with van der Waals surface area (Å²) in [6, 6.07) is 5.17. The second-order valence-electron chi connectivity index (χ2n) is 4.05. The number of aromatic amines is 1. The van der Waals surface area contributed by atoms with Crippen molar-refractivity contribution < 1.29 is 23.8 Å². The summed E-state index contributed by atoms with van der Waals surface area (Å²) >= 11 is 0. The first kappa shape index (κ1) is 13.9. The van der Waals surface area contributed by atoms with Crippen molar-refractivity contribution in [3.63, 3.8) is 0 Å². The fourth-order valence-electron chi connectivity index (χ4n) is 1.87. The van der Waals surface area contributed by atoms with E-state index in [0.717, 1.165) is 0 Å². The van der Waals surface area contributed by atoms with Crippen molar-refractivity contribution in [3.05, 3.63) is 23.9 Å². The zero-order chi connectivity index (χ0) is 14.7. The van der Waals surface area contributed by atoms with Gasteiger partial charge in [-0.2, -0.15) is 0 Å². The third kappa shape index (κ3) is 2.59. The monoisotopic (exact) mass is 277 g/mol. The van der Waals surface area contributed by atoms with E-state index in [-0.39, 0.29) is 18.1 Å². The molecule has 0 saturated carbocycles. The first-order valence-corrected chi connectivity index (χ1v) is 6.12. The third-order valence-electron chi connectivity index (χ3n) is 2.68. The van der Waals surface area contributed by atoms with Gasteiger partial charge in [0.15, 0.2) is 11.4 Å². The van der Waals surface area contributed by atoms with Crippen LogP contribution in [-0.4, -0.2) is 30.6 Å². The van der Waals surface area contributed by atoms with Gasteiger partial charge in [-0.15, -0.1) is 0 Å². The highest BCUT2D eigenvalue weighted by Crippen LogP contribution is 2.33. The Morgan fingerprint density at radius 1 is 1.30 bits per heavy atom. The molecule has 2 rings (SSSR count). The first-order chi connectivity index (χ1) is 9.56. The standard InChI is InChI=1S/C14H15NO5/c1-4-19-14(17)12-13(20-8(2)16)10-7-9(18-3)5-6-11(10)15-12/h5-7,15H,4H2,1-3H3. The van der Waals surface area contributed by atoms with E-state index in [4.69, 9.17) is 14.2 Å². The molecule has 0 fully saturated rings. The number of fused-ring (bicyclic) bond motifs is 1. The average Bonchev–Trinajstić information content (AvgIpc) is 2.76. The molecule has 1 aromatic carbocycles. The van der Waals surface area contributed by atoms with Gasteiger partial charge in [0.25, 0.3) is 0 Å². The third-order valence-corrected chi connectivity index (χ3v) is 2.68. The number of aromatic nitrogens is 1. The maximum absolute atomic E-state index is 11.9. The Balaban J connectivity index is 2.60. The molecule has 0 aliphatic heterocycles. The summed E-state index contributed by atoms with van der Waals surface area (Å²) in [5.74, 6) is -0.330. The lowest BCUT2D eigenvalue weighted by atomic mass is 10.2. The van der Waals surface area contributed by atoms with Crippen molar-refractivity contribution in [3.8, 4) is 11.5 Å². The zero-order valence-corrected chi connectivity index (χ0v) is 11.5. The molecule has 6 nitrogen and oxygen atoms in total. The first-order valence-electron chi connectivity index (χ1n) is 6.12. The van der Waals surface area contributed by atoms with Crippen molar-refractivity contribution in [1.82, 2.24) is 4.98 Å². The molecule has 0 unspecified atom stereocenters. The summed E-state index contributed by atoms with van der Waals surface area (Å²) in [6.07, 6.45) is 0. The number of rotatable bonds is 4. The van der Waals surface area contributed by atoms with Crippen LogP contribution in [0.4, 0.5) is 0 Å². The Morgan fingerprint density at radius 3 is 2.65 bits per heavy atom. The lowest BCUT2D eigenvalue weighted by molar-refractivity contribution is -0.131. The van der Waals surface area contributed by atoms with E-state index in [9.17, 15) is 9.59 Å². The van der Waals surface area contributed by atoms with Gasteiger partial charge in [-0.1, -0.05) is 0 Å². The number of ether oxygens (including phenoxy) is 3. The number of methoxy groups -OCH3 is 1. The van der Waals surface area contributed by atoms with Gasteiger partial charge in [0.05, 0.1) is 19.2 Å². The second kappa shape index (κ2) is 5.64. The van der Waals surface area contributed by atoms with Gasteiger partial charge in [0.1, 0.15) is 5.75 Å². The zero-order valence-electron chi connectivity index (χ0n) is 11.5. The summed E-state index contributed by atoms with van der Waals surface area (Å²) in [5.41, 5.74) is 0.774. The largest absolute Gasteiger partial charge is 0.497 e. The molecule has 0 amide bonds. The number of benzene rings is 1. The van der Waals surface area contributed by atoms with Crippen LogP contribution in [0.5, 0.6) is 11.5 Å². The molecule has 20 heavy (non-hydrogen) atoms. The molecule has 0 aliphatic rings. The number of hydrogen-bond acceptors (Lipinski definition) is 5. The van der Waals surface area contributed by atoms with Crippen LogP contribution >= 0.6 is 0 Å². The van der Waals surface area contributed by atoms with Crippen molar-refractivity contribution >= 4 is 22.8 Å². The Hall–Kier alpha value is -2.50.